The molecule has 1 N–H and O–H groups in total. The smallest absolute Gasteiger partial charge is 0.220 e. The molecule has 3 rings (SSSR count). The highest BCUT2D eigenvalue weighted by Crippen LogP contribution is 2.19. The maximum atomic E-state index is 12.1. The third kappa shape index (κ3) is 4.48. The SMILES string of the molecule is Cc1cc(C)n(-c2ccc([C@@H](C)NC(=O)CC[C@H]3CCCO3)cc2)n1. The Balaban J connectivity index is 1.55. The molecule has 0 radical (unpaired) electrons. The van der Waals surface area contributed by atoms with Gasteiger partial charge < -0.3 is 10.1 Å². The van der Waals surface area contributed by atoms with Crippen molar-refractivity contribution < 1.29 is 9.53 Å². The molecule has 25 heavy (non-hydrogen) atoms. The summed E-state index contributed by atoms with van der Waals surface area (Å²) in [6.45, 7) is 6.89. The minimum absolute atomic E-state index is 0.00787. The molecule has 0 spiro atoms. The van der Waals surface area contributed by atoms with Crippen LogP contribution in [0.25, 0.3) is 5.69 Å². The van der Waals surface area contributed by atoms with Gasteiger partial charge in [-0.1, -0.05) is 12.1 Å². The molecule has 0 aliphatic carbocycles. The lowest BCUT2D eigenvalue weighted by Gasteiger charge is -2.16. The molecule has 0 bridgehead atoms. The van der Waals surface area contributed by atoms with E-state index < -0.39 is 0 Å². The Morgan fingerprint density at radius 1 is 1.36 bits per heavy atom. The number of hydrogen-bond acceptors (Lipinski definition) is 3. The molecule has 0 unspecified atom stereocenters. The molecule has 5 heteroatoms. The van der Waals surface area contributed by atoms with E-state index in [0.717, 1.165) is 48.5 Å². The van der Waals surface area contributed by atoms with E-state index >= 15 is 0 Å². The fourth-order valence-corrected chi connectivity index (χ4v) is 3.36. The van der Waals surface area contributed by atoms with E-state index in [1.807, 2.05) is 37.6 Å². The average Bonchev–Trinajstić information content (AvgIpc) is 3.22. The molecule has 134 valence electrons. The third-order valence-corrected chi connectivity index (χ3v) is 4.74. The second kappa shape index (κ2) is 7.83. The van der Waals surface area contributed by atoms with E-state index in [2.05, 4.69) is 28.6 Å². The Morgan fingerprint density at radius 3 is 2.72 bits per heavy atom. The van der Waals surface area contributed by atoms with Crippen molar-refractivity contribution in [2.75, 3.05) is 6.61 Å². The molecule has 1 saturated heterocycles. The average molecular weight is 341 g/mol. The fraction of sp³-hybridized carbons (Fsp3) is 0.500. The summed E-state index contributed by atoms with van der Waals surface area (Å²) in [5.74, 6) is 0.0885. The van der Waals surface area contributed by atoms with Crippen molar-refractivity contribution in [3.05, 3.63) is 47.3 Å². The molecule has 0 saturated carbocycles. The number of nitrogens with zero attached hydrogens (tertiary/aromatic N) is 2. The van der Waals surface area contributed by atoms with Gasteiger partial charge in [0, 0.05) is 18.7 Å². The normalized spacial score (nSPS) is 18.3. The zero-order valence-electron chi connectivity index (χ0n) is 15.3. The van der Waals surface area contributed by atoms with Crippen LogP contribution in [0.4, 0.5) is 0 Å². The molecule has 1 aromatic heterocycles. The standard InChI is InChI=1S/C20H27N3O2/c1-14-13-15(2)23(22-14)18-8-6-17(7-9-18)16(3)21-20(24)11-10-19-5-4-12-25-19/h6-9,13,16,19H,4-5,10-12H2,1-3H3,(H,21,24)/t16-,19-/m1/s1. The first-order valence-electron chi connectivity index (χ1n) is 9.07. The van der Waals surface area contributed by atoms with E-state index in [0.29, 0.717) is 6.42 Å². The highest BCUT2D eigenvalue weighted by atomic mass is 16.5. The molecule has 2 aromatic rings. The van der Waals surface area contributed by atoms with Gasteiger partial charge in [-0.2, -0.15) is 5.10 Å². The van der Waals surface area contributed by atoms with Crippen LogP contribution in [0.1, 0.15) is 55.6 Å². The van der Waals surface area contributed by atoms with Crippen LogP contribution in [0.3, 0.4) is 0 Å². The predicted molar refractivity (Wildman–Crippen MR) is 97.8 cm³/mol. The Morgan fingerprint density at radius 2 is 2.12 bits per heavy atom. The van der Waals surface area contributed by atoms with Gasteiger partial charge in [-0.3, -0.25) is 4.79 Å². The highest BCUT2D eigenvalue weighted by Gasteiger charge is 2.17. The molecule has 5 nitrogen and oxygen atoms in total. The van der Waals surface area contributed by atoms with Crippen molar-refractivity contribution in [1.82, 2.24) is 15.1 Å². The highest BCUT2D eigenvalue weighted by molar-refractivity contribution is 5.76. The topological polar surface area (TPSA) is 56.2 Å². The van der Waals surface area contributed by atoms with E-state index in [9.17, 15) is 4.79 Å². The summed E-state index contributed by atoms with van der Waals surface area (Å²) in [5, 5.41) is 7.58. The van der Waals surface area contributed by atoms with Gasteiger partial charge in [-0.25, -0.2) is 4.68 Å². The zero-order valence-corrected chi connectivity index (χ0v) is 15.3. The summed E-state index contributed by atoms with van der Waals surface area (Å²) in [6, 6.07) is 10.2. The number of rotatable bonds is 6. The van der Waals surface area contributed by atoms with Crippen LogP contribution in [-0.4, -0.2) is 28.4 Å². The van der Waals surface area contributed by atoms with Crippen molar-refractivity contribution in [3.63, 3.8) is 0 Å². The second-order valence-corrected chi connectivity index (χ2v) is 6.89. The fourth-order valence-electron chi connectivity index (χ4n) is 3.36. The monoisotopic (exact) mass is 341 g/mol. The van der Waals surface area contributed by atoms with Crippen molar-refractivity contribution in [3.8, 4) is 5.69 Å². The number of benzene rings is 1. The van der Waals surface area contributed by atoms with Crippen LogP contribution < -0.4 is 5.32 Å². The van der Waals surface area contributed by atoms with Gasteiger partial charge in [0.25, 0.3) is 0 Å². The van der Waals surface area contributed by atoms with Crippen LogP contribution in [0, 0.1) is 13.8 Å². The minimum Gasteiger partial charge on any atom is -0.378 e. The number of amides is 1. The summed E-state index contributed by atoms with van der Waals surface area (Å²) in [6.07, 6.45) is 3.80. The van der Waals surface area contributed by atoms with Crippen LogP contribution in [0.5, 0.6) is 0 Å². The number of aromatic nitrogens is 2. The van der Waals surface area contributed by atoms with E-state index in [1.54, 1.807) is 0 Å². The number of aryl methyl sites for hydroxylation is 2. The summed E-state index contributed by atoms with van der Waals surface area (Å²) in [7, 11) is 0. The summed E-state index contributed by atoms with van der Waals surface area (Å²) in [4.78, 5) is 12.1. The Bertz CT molecular complexity index is 715. The van der Waals surface area contributed by atoms with Gasteiger partial charge >= 0.3 is 0 Å². The second-order valence-electron chi connectivity index (χ2n) is 6.89. The molecule has 1 aliphatic heterocycles. The van der Waals surface area contributed by atoms with Crippen molar-refractivity contribution in [2.24, 2.45) is 0 Å². The van der Waals surface area contributed by atoms with Gasteiger partial charge in [0.2, 0.25) is 5.91 Å². The van der Waals surface area contributed by atoms with E-state index in [1.165, 1.54) is 0 Å². The van der Waals surface area contributed by atoms with Crippen molar-refractivity contribution in [2.45, 2.75) is 58.6 Å². The van der Waals surface area contributed by atoms with E-state index in [-0.39, 0.29) is 18.1 Å². The lowest BCUT2D eigenvalue weighted by atomic mass is 10.1. The molecule has 1 aromatic carbocycles. The molecular formula is C20H27N3O2. The summed E-state index contributed by atoms with van der Waals surface area (Å²) < 4.78 is 7.51. The first kappa shape index (κ1) is 17.7. The summed E-state index contributed by atoms with van der Waals surface area (Å²) >= 11 is 0. The maximum absolute atomic E-state index is 12.1. The first-order chi connectivity index (χ1) is 12.0. The number of ether oxygens (including phenoxy) is 1. The zero-order chi connectivity index (χ0) is 17.8. The van der Waals surface area contributed by atoms with Gasteiger partial charge in [0.15, 0.2) is 0 Å². The van der Waals surface area contributed by atoms with Crippen LogP contribution in [-0.2, 0) is 9.53 Å². The Kier molecular flexibility index (Phi) is 5.53. The lowest BCUT2D eigenvalue weighted by molar-refractivity contribution is -0.122. The number of carbonyl (C=O) groups is 1. The van der Waals surface area contributed by atoms with Crippen molar-refractivity contribution in [1.29, 1.82) is 0 Å². The van der Waals surface area contributed by atoms with Crippen LogP contribution in [0.2, 0.25) is 0 Å². The van der Waals surface area contributed by atoms with Gasteiger partial charge in [0.1, 0.15) is 0 Å². The maximum Gasteiger partial charge on any atom is 0.220 e. The molecular weight excluding hydrogens is 314 g/mol. The van der Waals surface area contributed by atoms with Gasteiger partial charge in [-0.15, -0.1) is 0 Å². The van der Waals surface area contributed by atoms with Crippen molar-refractivity contribution >= 4 is 5.91 Å². The molecule has 2 atom stereocenters. The van der Waals surface area contributed by atoms with Gasteiger partial charge in [0.05, 0.1) is 23.5 Å². The minimum atomic E-state index is -0.00787. The molecule has 1 aliphatic rings. The Hall–Kier alpha value is -2.14. The number of hydrogen-bond donors (Lipinski definition) is 1. The third-order valence-electron chi connectivity index (χ3n) is 4.74. The van der Waals surface area contributed by atoms with Crippen LogP contribution >= 0.6 is 0 Å². The van der Waals surface area contributed by atoms with Gasteiger partial charge in [-0.05, 0) is 63.8 Å². The molecule has 1 amide bonds. The first-order valence-corrected chi connectivity index (χ1v) is 9.07. The quantitative estimate of drug-likeness (QED) is 0.873. The lowest BCUT2D eigenvalue weighted by Crippen LogP contribution is -2.27. The van der Waals surface area contributed by atoms with E-state index in [4.69, 9.17) is 4.74 Å². The number of carbonyl (C=O) groups excluding carboxylic acids is 1. The van der Waals surface area contributed by atoms with Crippen LogP contribution in [0.15, 0.2) is 30.3 Å². The summed E-state index contributed by atoms with van der Waals surface area (Å²) in [5.41, 5.74) is 4.25. The number of nitrogens with one attached hydrogen (secondary N) is 1. The predicted octanol–water partition coefficient (Wildman–Crippen LogP) is 3.63. The Labute approximate surface area is 149 Å². The molecule has 2 heterocycles. The molecule has 1 fully saturated rings. The largest absolute Gasteiger partial charge is 0.378 e.